The zero-order chi connectivity index (χ0) is 12.5. The summed E-state index contributed by atoms with van der Waals surface area (Å²) in [4.78, 5) is 2.51. The van der Waals surface area contributed by atoms with Gasteiger partial charge in [-0.3, -0.25) is 4.90 Å². The van der Waals surface area contributed by atoms with Gasteiger partial charge in [0, 0.05) is 60.8 Å². The van der Waals surface area contributed by atoms with Crippen LogP contribution in [0.3, 0.4) is 0 Å². The third-order valence-electron chi connectivity index (χ3n) is 3.73. The lowest BCUT2D eigenvalue weighted by molar-refractivity contribution is 0.229. The van der Waals surface area contributed by atoms with Crippen molar-refractivity contribution in [2.24, 2.45) is 7.05 Å². The topological polar surface area (TPSA) is 20.2 Å². The molecule has 0 spiro atoms. The summed E-state index contributed by atoms with van der Waals surface area (Å²) in [5.41, 5.74) is 2.69. The van der Waals surface area contributed by atoms with Crippen molar-refractivity contribution in [3.63, 3.8) is 0 Å². The third-order valence-corrected chi connectivity index (χ3v) is 4.42. The summed E-state index contributed by atoms with van der Waals surface area (Å²) < 4.78 is 3.49. The number of piperazine rings is 1. The molecule has 1 aromatic carbocycles. The number of fused-ring (bicyclic) bond motifs is 1. The van der Waals surface area contributed by atoms with E-state index in [-0.39, 0.29) is 0 Å². The zero-order valence-corrected chi connectivity index (χ0v) is 12.2. The zero-order valence-electron chi connectivity index (χ0n) is 10.6. The van der Waals surface area contributed by atoms with Gasteiger partial charge in [0.05, 0.1) is 0 Å². The summed E-state index contributed by atoms with van der Waals surface area (Å²) in [7, 11) is 2.16. The van der Waals surface area contributed by atoms with Crippen LogP contribution in [0.25, 0.3) is 10.9 Å². The van der Waals surface area contributed by atoms with Crippen LogP contribution < -0.4 is 5.32 Å². The van der Waals surface area contributed by atoms with Crippen LogP contribution in [0, 0.1) is 0 Å². The van der Waals surface area contributed by atoms with E-state index in [1.165, 1.54) is 21.1 Å². The monoisotopic (exact) mass is 307 g/mol. The predicted octanol–water partition coefficient (Wildman–Crippen LogP) is 2.35. The lowest BCUT2D eigenvalue weighted by atomic mass is 10.2. The summed E-state index contributed by atoms with van der Waals surface area (Å²) in [6.45, 7) is 5.53. The van der Waals surface area contributed by atoms with Crippen LogP contribution in [0.1, 0.15) is 5.69 Å². The van der Waals surface area contributed by atoms with Crippen molar-refractivity contribution in [3.8, 4) is 0 Å². The van der Waals surface area contributed by atoms with E-state index >= 15 is 0 Å². The molecule has 1 aliphatic heterocycles. The quantitative estimate of drug-likeness (QED) is 0.919. The molecule has 18 heavy (non-hydrogen) atoms. The van der Waals surface area contributed by atoms with Crippen LogP contribution in [-0.2, 0) is 13.6 Å². The van der Waals surface area contributed by atoms with Gasteiger partial charge in [0.25, 0.3) is 0 Å². The van der Waals surface area contributed by atoms with Gasteiger partial charge < -0.3 is 9.88 Å². The minimum atomic E-state index is 1.04. The van der Waals surface area contributed by atoms with Crippen LogP contribution in [0.2, 0.25) is 0 Å². The van der Waals surface area contributed by atoms with Crippen molar-refractivity contribution < 1.29 is 0 Å². The Morgan fingerprint density at radius 1 is 1.28 bits per heavy atom. The summed E-state index contributed by atoms with van der Waals surface area (Å²) in [5, 5.41) is 4.71. The van der Waals surface area contributed by atoms with E-state index in [1.54, 1.807) is 0 Å². The average molecular weight is 308 g/mol. The van der Waals surface area contributed by atoms with Crippen LogP contribution in [-0.4, -0.2) is 35.6 Å². The van der Waals surface area contributed by atoms with Gasteiger partial charge in [0.1, 0.15) is 0 Å². The SMILES string of the molecule is Cn1c(CN2CCNCC2)cc2c(Br)cccc21. The largest absolute Gasteiger partial charge is 0.346 e. The number of aryl methyl sites for hydroxylation is 1. The number of hydrogen-bond donors (Lipinski definition) is 1. The van der Waals surface area contributed by atoms with Crippen molar-refractivity contribution in [1.29, 1.82) is 0 Å². The van der Waals surface area contributed by atoms with E-state index in [2.05, 4.69) is 62.0 Å². The van der Waals surface area contributed by atoms with Crippen LogP contribution in [0.15, 0.2) is 28.7 Å². The molecule has 2 heterocycles. The fourth-order valence-corrected chi connectivity index (χ4v) is 3.10. The van der Waals surface area contributed by atoms with E-state index in [9.17, 15) is 0 Å². The molecule has 3 nitrogen and oxygen atoms in total. The van der Waals surface area contributed by atoms with Gasteiger partial charge in [-0.25, -0.2) is 0 Å². The molecule has 1 N–H and O–H groups in total. The Balaban J connectivity index is 1.92. The second-order valence-corrected chi connectivity index (χ2v) is 5.75. The maximum atomic E-state index is 3.63. The second-order valence-electron chi connectivity index (χ2n) is 4.89. The normalized spacial score (nSPS) is 17.4. The number of nitrogens with zero attached hydrogens (tertiary/aromatic N) is 2. The molecule has 0 amide bonds. The van der Waals surface area contributed by atoms with Gasteiger partial charge in [-0.05, 0) is 18.2 Å². The molecular weight excluding hydrogens is 290 g/mol. The van der Waals surface area contributed by atoms with Gasteiger partial charge in [-0.2, -0.15) is 0 Å². The smallest absolute Gasteiger partial charge is 0.0491 e. The fraction of sp³-hybridized carbons (Fsp3) is 0.429. The van der Waals surface area contributed by atoms with E-state index < -0.39 is 0 Å². The highest BCUT2D eigenvalue weighted by Gasteiger charge is 2.13. The highest BCUT2D eigenvalue weighted by molar-refractivity contribution is 9.10. The van der Waals surface area contributed by atoms with Crippen molar-refractivity contribution in [2.75, 3.05) is 26.2 Å². The van der Waals surface area contributed by atoms with Crippen molar-refractivity contribution >= 4 is 26.8 Å². The first-order chi connectivity index (χ1) is 8.75. The van der Waals surface area contributed by atoms with Crippen LogP contribution in [0.5, 0.6) is 0 Å². The van der Waals surface area contributed by atoms with Gasteiger partial charge >= 0.3 is 0 Å². The van der Waals surface area contributed by atoms with Crippen molar-refractivity contribution in [1.82, 2.24) is 14.8 Å². The molecule has 1 saturated heterocycles. The first-order valence-corrected chi connectivity index (χ1v) is 7.21. The van der Waals surface area contributed by atoms with Crippen molar-refractivity contribution in [2.45, 2.75) is 6.54 Å². The van der Waals surface area contributed by atoms with Gasteiger partial charge in [0.15, 0.2) is 0 Å². The first kappa shape index (κ1) is 12.2. The Bertz CT molecular complexity index is 555. The van der Waals surface area contributed by atoms with E-state index in [0.717, 1.165) is 32.7 Å². The molecule has 0 aliphatic carbocycles. The van der Waals surface area contributed by atoms with E-state index in [1.807, 2.05) is 0 Å². The highest BCUT2D eigenvalue weighted by atomic mass is 79.9. The third kappa shape index (κ3) is 2.20. The molecule has 3 rings (SSSR count). The Morgan fingerprint density at radius 2 is 2.06 bits per heavy atom. The summed E-state index contributed by atoms with van der Waals surface area (Å²) >= 11 is 3.63. The second kappa shape index (κ2) is 5.03. The molecule has 1 fully saturated rings. The molecule has 2 aromatic rings. The fourth-order valence-electron chi connectivity index (χ4n) is 2.63. The predicted molar refractivity (Wildman–Crippen MR) is 78.8 cm³/mol. The Hall–Kier alpha value is -0.840. The van der Waals surface area contributed by atoms with Crippen LogP contribution >= 0.6 is 15.9 Å². The number of aromatic nitrogens is 1. The number of hydrogen-bond acceptors (Lipinski definition) is 2. The summed E-state index contributed by atoms with van der Waals surface area (Å²) in [6, 6.07) is 8.70. The number of halogens is 1. The van der Waals surface area contributed by atoms with Gasteiger partial charge in [-0.15, -0.1) is 0 Å². The lowest BCUT2D eigenvalue weighted by Gasteiger charge is -2.27. The number of benzene rings is 1. The Morgan fingerprint density at radius 3 is 2.78 bits per heavy atom. The molecule has 0 bridgehead atoms. The highest BCUT2D eigenvalue weighted by Crippen LogP contribution is 2.27. The number of nitrogens with one attached hydrogen (secondary N) is 1. The molecular formula is C14H18BrN3. The summed E-state index contributed by atoms with van der Waals surface area (Å²) in [5.74, 6) is 0. The van der Waals surface area contributed by atoms with Crippen LogP contribution in [0.4, 0.5) is 0 Å². The standard InChI is InChI=1S/C14H18BrN3/c1-17-11(10-18-7-5-16-6-8-18)9-12-13(15)3-2-4-14(12)17/h2-4,9,16H,5-8,10H2,1H3. The molecule has 0 unspecified atom stereocenters. The van der Waals surface area contributed by atoms with E-state index in [4.69, 9.17) is 0 Å². The maximum Gasteiger partial charge on any atom is 0.0491 e. The first-order valence-electron chi connectivity index (χ1n) is 6.41. The Labute approximate surface area is 116 Å². The van der Waals surface area contributed by atoms with Gasteiger partial charge in [0.2, 0.25) is 0 Å². The molecule has 0 radical (unpaired) electrons. The molecule has 4 heteroatoms. The minimum absolute atomic E-state index is 1.04. The molecule has 1 aromatic heterocycles. The molecule has 1 aliphatic rings. The molecule has 96 valence electrons. The Kier molecular flexibility index (Phi) is 3.41. The van der Waals surface area contributed by atoms with Crippen molar-refractivity contribution in [3.05, 3.63) is 34.4 Å². The molecule has 0 atom stereocenters. The molecule has 0 saturated carbocycles. The number of rotatable bonds is 2. The average Bonchev–Trinajstić information content (AvgIpc) is 2.70. The lowest BCUT2D eigenvalue weighted by Crippen LogP contribution is -2.43. The van der Waals surface area contributed by atoms with Gasteiger partial charge in [-0.1, -0.05) is 22.0 Å². The maximum absolute atomic E-state index is 3.63. The summed E-state index contributed by atoms with van der Waals surface area (Å²) in [6.07, 6.45) is 0. The minimum Gasteiger partial charge on any atom is -0.346 e. The van der Waals surface area contributed by atoms with E-state index in [0.29, 0.717) is 0 Å².